The van der Waals surface area contributed by atoms with Crippen LogP contribution in [-0.4, -0.2) is 22.3 Å². The van der Waals surface area contributed by atoms with Gasteiger partial charge in [0.15, 0.2) is 0 Å². The molecule has 1 aliphatic rings. The van der Waals surface area contributed by atoms with E-state index >= 15 is 0 Å². The zero-order chi connectivity index (χ0) is 17.3. The Morgan fingerprint density at radius 1 is 1.46 bits per heavy atom. The van der Waals surface area contributed by atoms with Crippen molar-refractivity contribution in [2.24, 2.45) is 0 Å². The molecule has 0 bridgehead atoms. The quantitative estimate of drug-likeness (QED) is 0.873. The smallest absolute Gasteiger partial charge is 0.226 e. The number of fused-ring (bicyclic) bond motifs is 1. The van der Waals surface area contributed by atoms with E-state index in [1.165, 1.54) is 0 Å². The number of rotatable bonds is 4. The second-order valence-electron chi connectivity index (χ2n) is 7.01. The standard InChI is InChI=1S/C19H23N3O2/c1-5-9-24-14-8-6-7-13(10-14)15-11-17(23)21-18-16(15)12-20-22(18)19(2,3)4/h5-8,10,12,15H,1,9,11H2,2-4H3,(H,21,23). The number of anilines is 1. The average Bonchev–Trinajstić information content (AvgIpc) is 2.96. The molecule has 0 fully saturated rings. The summed E-state index contributed by atoms with van der Waals surface area (Å²) in [4.78, 5) is 12.2. The van der Waals surface area contributed by atoms with Gasteiger partial charge in [-0.25, -0.2) is 4.68 Å². The van der Waals surface area contributed by atoms with Gasteiger partial charge in [-0.1, -0.05) is 24.8 Å². The molecule has 0 radical (unpaired) electrons. The molecule has 2 heterocycles. The lowest BCUT2D eigenvalue weighted by Gasteiger charge is -2.28. The minimum Gasteiger partial charge on any atom is -0.490 e. The van der Waals surface area contributed by atoms with Crippen LogP contribution in [0.5, 0.6) is 5.75 Å². The molecule has 0 spiro atoms. The zero-order valence-corrected chi connectivity index (χ0v) is 14.4. The maximum Gasteiger partial charge on any atom is 0.226 e. The van der Waals surface area contributed by atoms with E-state index in [0.717, 1.165) is 22.7 Å². The van der Waals surface area contributed by atoms with Crippen LogP contribution >= 0.6 is 0 Å². The highest BCUT2D eigenvalue weighted by atomic mass is 16.5. The number of hydrogen-bond donors (Lipinski definition) is 1. The lowest BCUT2D eigenvalue weighted by Crippen LogP contribution is -2.30. The molecule has 1 aromatic heterocycles. The van der Waals surface area contributed by atoms with E-state index in [2.05, 4.69) is 37.8 Å². The number of ether oxygens (including phenoxy) is 1. The summed E-state index contributed by atoms with van der Waals surface area (Å²) in [6.07, 6.45) is 3.99. The Bertz CT molecular complexity index is 771. The fourth-order valence-electron chi connectivity index (χ4n) is 3.00. The van der Waals surface area contributed by atoms with Crippen molar-refractivity contribution in [1.29, 1.82) is 0 Å². The summed E-state index contributed by atoms with van der Waals surface area (Å²) in [6.45, 7) is 10.3. The first-order valence-electron chi connectivity index (χ1n) is 8.12. The number of amides is 1. The maximum absolute atomic E-state index is 12.2. The van der Waals surface area contributed by atoms with E-state index < -0.39 is 0 Å². The van der Waals surface area contributed by atoms with Gasteiger partial charge in [0.2, 0.25) is 5.91 Å². The first-order chi connectivity index (χ1) is 11.4. The van der Waals surface area contributed by atoms with Crippen LogP contribution in [0.1, 0.15) is 44.2 Å². The number of carbonyl (C=O) groups excluding carboxylic acids is 1. The van der Waals surface area contributed by atoms with Gasteiger partial charge in [-0.05, 0) is 38.5 Å². The van der Waals surface area contributed by atoms with E-state index in [1.807, 2.05) is 35.1 Å². The van der Waals surface area contributed by atoms with Gasteiger partial charge in [0.25, 0.3) is 0 Å². The molecule has 0 saturated carbocycles. The lowest BCUT2D eigenvalue weighted by molar-refractivity contribution is -0.116. The molecule has 0 saturated heterocycles. The Balaban J connectivity index is 2.00. The first-order valence-corrected chi connectivity index (χ1v) is 8.12. The molecule has 126 valence electrons. The van der Waals surface area contributed by atoms with Crippen molar-refractivity contribution in [2.75, 3.05) is 11.9 Å². The van der Waals surface area contributed by atoms with Crippen molar-refractivity contribution in [1.82, 2.24) is 9.78 Å². The van der Waals surface area contributed by atoms with Crippen LogP contribution in [0.15, 0.2) is 43.1 Å². The third-order valence-electron chi connectivity index (χ3n) is 4.08. The van der Waals surface area contributed by atoms with Crippen LogP contribution in [-0.2, 0) is 10.3 Å². The lowest BCUT2D eigenvalue weighted by atomic mass is 9.87. The minimum atomic E-state index is -0.197. The van der Waals surface area contributed by atoms with Crippen LogP contribution in [0.4, 0.5) is 5.82 Å². The summed E-state index contributed by atoms with van der Waals surface area (Å²) in [6, 6.07) is 7.89. The van der Waals surface area contributed by atoms with Crippen LogP contribution in [0.25, 0.3) is 0 Å². The van der Waals surface area contributed by atoms with Crippen LogP contribution in [0, 0.1) is 0 Å². The third kappa shape index (κ3) is 3.07. The van der Waals surface area contributed by atoms with E-state index in [1.54, 1.807) is 6.08 Å². The molecule has 5 nitrogen and oxygen atoms in total. The molecular weight excluding hydrogens is 302 g/mol. The fourth-order valence-corrected chi connectivity index (χ4v) is 3.00. The van der Waals surface area contributed by atoms with Gasteiger partial charge < -0.3 is 10.1 Å². The van der Waals surface area contributed by atoms with E-state index in [-0.39, 0.29) is 17.4 Å². The molecule has 1 aliphatic heterocycles. The molecule has 2 aromatic rings. The molecule has 1 aromatic carbocycles. The van der Waals surface area contributed by atoms with Crippen molar-refractivity contribution in [3.8, 4) is 5.75 Å². The van der Waals surface area contributed by atoms with Gasteiger partial charge >= 0.3 is 0 Å². The third-order valence-corrected chi connectivity index (χ3v) is 4.08. The molecule has 24 heavy (non-hydrogen) atoms. The number of nitrogens with one attached hydrogen (secondary N) is 1. The van der Waals surface area contributed by atoms with Crippen LogP contribution < -0.4 is 10.1 Å². The average molecular weight is 325 g/mol. The number of carbonyl (C=O) groups is 1. The van der Waals surface area contributed by atoms with Gasteiger partial charge in [-0.3, -0.25) is 4.79 Å². The highest BCUT2D eigenvalue weighted by molar-refractivity contribution is 5.94. The van der Waals surface area contributed by atoms with Crippen LogP contribution in [0.3, 0.4) is 0 Å². The van der Waals surface area contributed by atoms with Gasteiger partial charge in [0.05, 0.1) is 11.7 Å². The van der Waals surface area contributed by atoms with Crippen molar-refractivity contribution in [3.63, 3.8) is 0 Å². The van der Waals surface area contributed by atoms with Crippen molar-refractivity contribution >= 4 is 11.7 Å². The Morgan fingerprint density at radius 2 is 2.25 bits per heavy atom. The normalized spacial score (nSPS) is 17.1. The summed E-state index contributed by atoms with van der Waals surface area (Å²) in [5, 5.41) is 7.49. The molecule has 0 aliphatic carbocycles. The highest BCUT2D eigenvalue weighted by Crippen LogP contribution is 2.39. The Hall–Kier alpha value is -2.56. The van der Waals surface area contributed by atoms with Gasteiger partial charge in [-0.2, -0.15) is 5.10 Å². The second-order valence-corrected chi connectivity index (χ2v) is 7.01. The van der Waals surface area contributed by atoms with E-state index in [0.29, 0.717) is 13.0 Å². The summed E-state index contributed by atoms with van der Waals surface area (Å²) < 4.78 is 7.50. The molecule has 3 rings (SSSR count). The zero-order valence-electron chi connectivity index (χ0n) is 14.4. The highest BCUT2D eigenvalue weighted by Gasteiger charge is 2.32. The van der Waals surface area contributed by atoms with Crippen molar-refractivity contribution in [2.45, 2.75) is 38.6 Å². The molecule has 1 N–H and O–H groups in total. The Morgan fingerprint density at radius 3 is 2.96 bits per heavy atom. The predicted molar refractivity (Wildman–Crippen MR) is 94.4 cm³/mol. The number of nitrogens with zero attached hydrogens (tertiary/aromatic N) is 2. The summed E-state index contributed by atoms with van der Waals surface area (Å²) in [5.41, 5.74) is 1.91. The topological polar surface area (TPSA) is 56.1 Å². The summed E-state index contributed by atoms with van der Waals surface area (Å²) in [5.74, 6) is 1.57. The molecule has 5 heteroatoms. The number of hydrogen-bond acceptors (Lipinski definition) is 3. The predicted octanol–water partition coefficient (Wildman–Crippen LogP) is 3.68. The van der Waals surface area contributed by atoms with Gasteiger partial charge in [0, 0.05) is 17.9 Å². The van der Waals surface area contributed by atoms with Crippen molar-refractivity contribution in [3.05, 3.63) is 54.2 Å². The van der Waals surface area contributed by atoms with E-state index in [4.69, 9.17) is 4.74 Å². The van der Waals surface area contributed by atoms with Gasteiger partial charge in [-0.15, -0.1) is 0 Å². The minimum absolute atomic E-state index is 0.0101. The summed E-state index contributed by atoms with van der Waals surface area (Å²) >= 11 is 0. The fraction of sp³-hybridized carbons (Fsp3) is 0.368. The van der Waals surface area contributed by atoms with Crippen molar-refractivity contribution < 1.29 is 9.53 Å². The largest absolute Gasteiger partial charge is 0.490 e. The molecule has 1 atom stereocenters. The molecule has 1 unspecified atom stereocenters. The molecule has 1 amide bonds. The SMILES string of the molecule is C=CCOc1cccc(C2CC(=O)Nc3c2cnn3C(C)(C)C)c1. The number of aromatic nitrogens is 2. The summed E-state index contributed by atoms with van der Waals surface area (Å²) in [7, 11) is 0. The second kappa shape index (κ2) is 6.15. The van der Waals surface area contributed by atoms with Crippen LogP contribution in [0.2, 0.25) is 0 Å². The Kier molecular flexibility index (Phi) is 4.18. The van der Waals surface area contributed by atoms with E-state index in [9.17, 15) is 4.79 Å². The Labute approximate surface area is 142 Å². The first kappa shape index (κ1) is 16.3. The van der Waals surface area contributed by atoms with Gasteiger partial charge in [0.1, 0.15) is 18.2 Å². The number of benzene rings is 1. The molecular formula is C19H23N3O2. The monoisotopic (exact) mass is 325 g/mol. The maximum atomic E-state index is 12.2.